The highest BCUT2D eigenvalue weighted by atomic mass is 32.2. The molecule has 11 nitrogen and oxygen atoms in total. The summed E-state index contributed by atoms with van der Waals surface area (Å²) >= 11 is 1.45. The van der Waals surface area contributed by atoms with E-state index in [2.05, 4.69) is 27.9 Å². The van der Waals surface area contributed by atoms with Crippen LogP contribution in [0.15, 0.2) is 30.4 Å². The first kappa shape index (κ1) is 33.4. The Balaban J connectivity index is 1.29. The van der Waals surface area contributed by atoms with Crippen LogP contribution in [0.1, 0.15) is 77.2 Å². The van der Waals surface area contributed by atoms with E-state index < -0.39 is 23.7 Å². The second-order valence-corrected chi connectivity index (χ2v) is 14.8. The summed E-state index contributed by atoms with van der Waals surface area (Å²) in [6.07, 6.45) is 11.1. The molecule has 47 heavy (non-hydrogen) atoms. The highest BCUT2D eigenvalue weighted by molar-refractivity contribution is 7.98. The molecule has 1 aromatic carbocycles. The second kappa shape index (κ2) is 13.9. The lowest BCUT2D eigenvalue weighted by atomic mass is 10.1. The van der Waals surface area contributed by atoms with Crippen LogP contribution in [0.5, 0.6) is 17.4 Å². The number of amides is 3. The van der Waals surface area contributed by atoms with Crippen molar-refractivity contribution in [3.05, 3.63) is 35.9 Å². The molecule has 0 radical (unpaired) electrons. The number of carbonyl (C=O) groups excluding carboxylic acids is 3. The molecule has 5 N–H and O–H groups in total. The first-order chi connectivity index (χ1) is 22.6. The predicted molar refractivity (Wildman–Crippen MR) is 180 cm³/mol. The highest BCUT2D eigenvalue weighted by Gasteiger charge is 2.61. The van der Waals surface area contributed by atoms with Crippen LogP contribution >= 0.6 is 11.9 Å². The van der Waals surface area contributed by atoms with Gasteiger partial charge in [0.1, 0.15) is 29.2 Å². The van der Waals surface area contributed by atoms with Crippen molar-refractivity contribution in [2.45, 2.75) is 114 Å². The molecule has 6 rings (SSSR count). The van der Waals surface area contributed by atoms with Crippen molar-refractivity contribution in [3.63, 3.8) is 0 Å². The Bertz CT molecular complexity index is 1550. The number of ether oxygens (including phenoxy) is 3. The molecular weight excluding hydrogens is 618 g/mol. The third kappa shape index (κ3) is 7.33. The van der Waals surface area contributed by atoms with Crippen LogP contribution in [0.2, 0.25) is 0 Å². The van der Waals surface area contributed by atoms with Gasteiger partial charge in [0.05, 0.1) is 25.3 Å². The topological polar surface area (TPSA) is 147 Å². The number of pyridine rings is 1. The maximum absolute atomic E-state index is 14.1. The lowest BCUT2D eigenvalue weighted by molar-refractivity contribution is -0.407. The Morgan fingerprint density at radius 1 is 1.17 bits per heavy atom. The number of nitrogens with zero attached hydrogens (tertiary/aromatic N) is 2. The minimum atomic E-state index is -1.02. The van der Waals surface area contributed by atoms with E-state index in [0.717, 1.165) is 49.5 Å². The molecule has 3 fully saturated rings. The largest absolute Gasteiger partial charge is 0.496 e. The van der Waals surface area contributed by atoms with Crippen LogP contribution in [0.3, 0.4) is 0 Å². The van der Waals surface area contributed by atoms with Gasteiger partial charge in [-0.15, -0.1) is 0 Å². The number of hydrogen-bond acceptors (Lipinski definition) is 8. The number of methoxy groups -OCH3 is 1. The summed E-state index contributed by atoms with van der Waals surface area (Å²) in [5.41, 5.74) is 4.73. The molecule has 2 aliphatic carbocycles. The van der Waals surface area contributed by atoms with Gasteiger partial charge >= 0.3 is 0 Å². The molecule has 254 valence electrons. The average Bonchev–Trinajstić information content (AvgIpc) is 3.95. The Labute approximate surface area is 280 Å². The van der Waals surface area contributed by atoms with Crippen molar-refractivity contribution in [1.82, 2.24) is 19.9 Å². The fourth-order valence-corrected chi connectivity index (χ4v) is 7.51. The number of quaternary nitrogens is 1. The molecule has 2 saturated carbocycles. The van der Waals surface area contributed by atoms with Gasteiger partial charge in [-0.05, 0) is 83.4 Å². The molecule has 3 amide bonds. The number of rotatable bonds is 8. The molecule has 0 spiro atoms. The van der Waals surface area contributed by atoms with Crippen molar-refractivity contribution in [2.75, 3.05) is 13.7 Å². The zero-order valence-corrected chi connectivity index (χ0v) is 28.7. The zero-order chi connectivity index (χ0) is 33.3. The van der Waals surface area contributed by atoms with Gasteiger partial charge in [0, 0.05) is 41.0 Å². The van der Waals surface area contributed by atoms with Gasteiger partial charge in [-0.3, -0.25) is 19.1 Å². The molecule has 0 bridgehead atoms. The minimum Gasteiger partial charge on any atom is -0.496 e. The lowest BCUT2D eigenvalue weighted by Crippen LogP contribution is -2.69. The molecule has 3 heterocycles. The van der Waals surface area contributed by atoms with Gasteiger partial charge in [-0.1, -0.05) is 18.6 Å². The number of fused-ring (bicyclic) bond motifs is 3. The SMILES string of the molecule is COc1ccc2c(O[C@@H]3C[C@H]4C(=O)N[C@]5(C(=O)NSC6CC6)CC5/C=C\CCCCC[C@H]([NH3+])C(=O)N4C3)cc(OC(C)C)nc2c1C. The molecule has 1 unspecified atom stereocenters. The standard InChI is InChI=1S/C35H47N5O6S/c1-20(2)45-30-17-29(25-14-15-28(44-4)21(3)31(25)37-30)46-23-16-27-32(41)38-35(34(43)39-47-24-12-13-24)18-22(35)10-8-6-5-7-9-11-26(36)33(42)40(27)19-23/h8,10,14-15,17,20,22-24,26-27H,5-7,9,11-13,16,18-19,36H2,1-4H3,(H,38,41)(H,39,43)/p+1/b10-8-/t22?,23-,26+,27+,35-/m1/s1. The number of benzene rings is 1. The third-order valence-corrected chi connectivity index (χ3v) is 10.7. The molecule has 1 saturated heterocycles. The van der Waals surface area contributed by atoms with Crippen LogP contribution in [0.25, 0.3) is 10.9 Å². The van der Waals surface area contributed by atoms with E-state index in [-0.39, 0.29) is 42.7 Å². The van der Waals surface area contributed by atoms with Gasteiger partial charge in [-0.2, -0.15) is 0 Å². The maximum Gasteiger partial charge on any atom is 0.281 e. The van der Waals surface area contributed by atoms with Gasteiger partial charge in [0.2, 0.25) is 11.8 Å². The molecule has 2 aliphatic heterocycles. The summed E-state index contributed by atoms with van der Waals surface area (Å²) in [5.74, 6) is 0.924. The fourth-order valence-electron chi connectivity index (χ4n) is 6.68. The van der Waals surface area contributed by atoms with Gasteiger partial charge in [0.25, 0.3) is 11.8 Å². The summed E-state index contributed by atoms with van der Waals surface area (Å²) in [6.45, 7) is 6.04. The van der Waals surface area contributed by atoms with Crippen molar-refractivity contribution in [2.24, 2.45) is 5.92 Å². The fraction of sp³-hybridized carbons (Fsp3) is 0.600. The van der Waals surface area contributed by atoms with Crippen molar-refractivity contribution in [3.8, 4) is 17.4 Å². The van der Waals surface area contributed by atoms with E-state index in [9.17, 15) is 14.4 Å². The molecule has 5 atom stereocenters. The Hall–Kier alpha value is -3.51. The van der Waals surface area contributed by atoms with Crippen LogP contribution < -0.4 is 30.0 Å². The molecule has 1 aromatic heterocycles. The number of aromatic nitrogens is 1. The number of hydrogen-bond donors (Lipinski definition) is 3. The van der Waals surface area contributed by atoms with Crippen molar-refractivity contribution >= 4 is 40.6 Å². The summed E-state index contributed by atoms with van der Waals surface area (Å²) in [4.78, 5) is 47.9. The molecule has 4 aliphatic rings. The number of allylic oxidation sites excluding steroid dienone is 1. The Morgan fingerprint density at radius 2 is 1.98 bits per heavy atom. The number of nitrogens with one attached hydrogen (secondary N) is 2. The Morgan fingerprint density at radius 3 is 2.72 bits per heavy atom. The maximum atomic E-state index is 14.1. The van der Waals surface area contributed by atoms with Crippen LogP contribution in [-0.4, -0.2) is 76.3 Å². The third-order valence-electron chi connectivity index (χ3n) is 9.59. The van der Waals surface area contributed by atoms with Gasteiger partial charge < -0.3 is 30.2 Å². The smallest absolute Gasteiger partial charge is 0.281 e. The van der Waals surface area contributed by atoms with Gasteiger partial charge in [0.15, 0.2) is 6.04 Å². The van der Waals surface area contributed by atoms with E-state index in [1.165, 1.54) is 11.9 Å². The summed E-state index contributed by atoms with van der Waals surface area (Å²) in [5, 5.41) is 4.35. The van der Waals surface area contributed by atoms with Crippen molar-refractivity contribution in [1.29, 1.82) is 0 Å². The molecule has 12 heteroatoms. The Kier molecular flexibility index (Phi) is 9.89. The van der Waals surface area contributed by atoms with Crippen molar-refractivity contribution < 1.29 is 34.3 Å². The van der Waals surface area contributed by atoms with Gasteiger partial charge in [-0.25, -0.2) is 4.98 Å². The summed E-state index contributed by atoms with van der Waals surface area (Å²) in [6, 6.07) is 4.28. The van der Waals surface area contributed by atoms with Crippen LogP contribution in [0, 0.1) is 12.8 Å². The normalized spacial score (nSPS) is 28.9. The van der Waals surface area contributed by atoms with E-state index in [0.29, 0.717) is 41.0 Å². The monoisotopic (exact) mass is 666 g/mol. The molecule has 2 aromatic rings. The second-order valence-electron chi connectivity index (χ2n) is 13.7. The predicted octanol–water partition coefficient (Wildman–Crippen LogP) is 3.62. The average molecular weight is 667 g/mol. The van der Waals surface area contributed by atoms with E-state index in [4.69, 9.17) is 19.2 Å². The highest BCUT2D eigenvalue weighted by Crippen LogP contribution is 2.46. The lowest BCUT2D eigenvalue weighted by Gasteiger charge is -2.27. The summed E-state index contributed by atoms with van der Waals surface area (Å²) < 4.78 is 21.2. The van der Waals surface area contributed by atoms with E-state index >= 15 is 0 Å². The first-order valence-electron chi connectivity index (χ1n) is 17.0. The first-order valence-corrected chi connectivity index (χ1v) is 17.9. The minimum absolute atomic E-state index is 0.0858. The quantitative estimate of drug-likeness (QED) is 0.286. The number of aryl methyl sites for hydroxylation is 1. The zero-order valence-electron chi connectivity index (χ0n) is 27.9. The van der Waals surface area contributed by atoms with E-state index in [1.807, 2.05) is 32.9 Å². The molecular formula is C35H48N5O6S+. The summed E-state index contributed by atoms with van der Waals surface area (Å²) in [7, 11) is 1.62. The van der Waals surface area contributed by atoms with E-state index in [1.54, 1.807) is 18.1 Å². The van der Waals surface area contributed by atoms with Crippen LogP contribution in [0.4, 0.5) is 0 Å². The number of carbonyl (C=O) groups is 3. The van der Waals surface area contributed by atoms with Crippen LogP contribution in [-0.2, 0) is 14.4 Å².